The topological polar surface area (TPSA) is 25.8 Å². The molecule has 0 spiro atoms. The lowest BCUT2D eigenvalue weighted by molar-refractivity contribution is 1.17. The Bertz CT molecular complexity index is 1120. The Kier molecular flexibility index (Phi) is 4.63. The molecule has 0 radical (unpaired) electrons. The lowest BCUT2D eigenvalue weighted by Gasteiger charge is -2.10. The highest BCUT2D eigenvalue weighted by Gasteiger charge is 2.11. The third kappa shape index (κ3) is 3.30. The molecule has 130 valence electrons. The molecule has 27 heavy (non-hydrogen) atoms. The first-order valence-corrected chi connectivity index (χ1v) is 9.02. The second kappa shape index (κ2) is 7.38. The quantitative estimate of drug-likeness (QED) is 0.391. The number of benzene rings is 3. The zero-order valence-electron chi connectivity index (χ0n) is 15.3. The van der Waals surface area contributed by atoms with Gasteiger partial charge in [-0.1, -0.05) is 91.5 Å². The van der Waals surface area contributed by atoms with Gasteiger partial charge in [0, 0.05) is 16.5 Å². The van der Waals surface area contributed by atoms with Gasteiger partial charge in [-0.05, 0) is 24.1 Å². The summed E-state index contributed by atoms with van der Waals surface area (Å²) in [5.74, 6) is 0.702. The monoisotopic (exact) mass is 348 g/mol. The largest absolute Gasteiger partial charge is 0.228 e. The highest BCUT2D eigenvalue weighted by molar-refractivity contribution is 5.93. The summed E-state index contributed by atoms with van der Waals surface area (Å²) in [4.78, 5) is 9.58. The molecule has 0 fully saturated rings. The minimum absolute atomic E-state index is 0.702. The molecule has 0 aliphatic carbocycles. The fourth-order valence-corrected chi connectivity index (χ4v) is 3.22. The molecule has 1 aromatic heterocycles. The van der Waals surface area contributed by atoms with Gasteiger partial charge >= 0.3 is 0 Å². The number of para-hydroxylation sites is 1. The van der Waals surface area contributed by atoms with Crippen LogP contribution in [0.25, 0.3) is 38.9 Å². The summed E-state index contributed by atoms with van der Waals surface area (Å²) in [6.07, 6.45) is 3.78. The van der Waals surface area contributed by atoms with Crippen LogP contribution in [-0.2, 0) is 0 Å². The van der Waals surface area contributed by atoms with Crippen molar-refractivity contribution in [3.8, 4) is 22.4 Å². The molecule has 0 aliphatic heterocycles. The number of nitrogens with zero attached hydrogens (tertiary/aromatic N) is 2. The van der Waals surface area contributed by atoms with Crippen LogP contribution in [0.5, 0.6) is 0 Å². The molecule has 3 aromatic carbocycles. The molecule has 0 saturated heterocycles. The van der Waals surface area contributed by atoms with Crippen molar-refractivity contribution in [2.75, 3.05) is 0 Å². The zero-order chi connectivity index (χ0) is 18.6. The molecule has 0 atom stereocenters. The lowest BCUT2D eigenvalue weighted by Crippen LogP contribution is -1.97. The van der Waals surface area contributed by atoms with Gasteiger partial charge in [-0.2, -0.15) is 0 Å². The summed E-state index contributed by atoms with van der Waals surface area (Å²) in [7, 11) is 0. The lowest BCUT2D eigenvalue weighted by atomic mass is 10.0. The predicted molar refractivity (Wildman–Crippen MR) is 114 cm³/mol. The van der Waals surface area contributed by atoms with Gasteiger partial charge in [0.1, 0.15) is 0 Å². The van der Waals surface area contributed by atoms with Crippen LogP contribution >= 0.6 is 0 Å². The number of hydrogen-bond acceptors (Lipinski definition) is 2. The van der Waals surface area contributed by atoms with Crippen LogP contribution in [0.15, 0.2) is 97.6 Å². The first-order chi connectivity index (χ1) is 13.3. The number of aromatic nitrogens is 2. The number of allylic oxidation sites excluding steroid dienone is 3. The van der Waals surface area contributed by atoms with E-state index in [1.54, 1.807) is 6.08 Å². The second-order valence-electron chi connectivity index (χ2n) is 6.30. The van der Waals surface area contributed by atoms with Gasteiger partial charge in [-0.3, -0.25) is 0 Å². The van der Waals surface area contributed by atoms with Crippen molar-refractivity contribution in [1.82, 2.24) is 9.97 Å². The molecule has 1 heterocycles. The molecule has 0 saturated carbocycles. The predicted octanol–water partition coefficient (Wildman–Crippen LogP) is 6.55. The molecule has 4 aromatic rings. The van der Waals surface area contributed by atoms with E-state index in [2.05, 4.69) is 61.2 Å². The van der Waals surface area contributed by atoms with Gasteiger partial charge < -0.3 is 0 Å². The van der Waals surface area contributed by atoms with Crippen LogP contribution < -0.4 is 0 Å². The fourth-order valence-electron chi connectivity index (χ4n) is 3.22. The van der Waals surface area contributed by atoms with Gasteiger partial charge in [0.15, 0.2) is 5.82 Å². The molecule has 4 rings (SSSR count). The Hall–Kier alpha value is -3.52. The molecule has 0 amide bonds. The highest BCUT2D eigenvalue weighted by Crippen LogP contribution is 2.29. The van der Waals surface area contributed by atoms with Gasteiger partial charge in [0.25, 0.3) is 0 Å². The van der Waals surface area contributed by atoms with Crippen molar-refractivity contribution in [3.05, 3.63) is 103 Å². The van der Waals surface area contributed by atoms with E-state index in [0.29, 0.717) is 5.82 Å². The van der Waals surface area contributed by atoms with Crippen molar-refractivity contribution in [1.29, 1.82) is 0 Å². The van der Waals surface area contributed by atoms with E-state index >= 15 is 0 Å². The van der Waals surface area contributed by atoms with Gasteiger partial charge in [-0.15, -0.1) is 0 Å². The molecule has 2 nitrogen and oxygen atoms in total. The van der Waals surface area contributed by atoms with E-state index < -0.39 is 0 Å². The first kappa shape index (κ1) is 16.9. The summed E-state index contributed by atoms with van der Waals surface area (Å²) in [6.45, 7) is 5.86. The highest BCUT2D eigenvalue weighted by atomic mass is 14.9. The van der Waals surface area contributed by atoms with Gasteiger partial charge in [-0.25, -0.2) is 9.97 Å². The standard InChI is InChI=1S/C25H20N2/c1-3-18(4-2)25-26-23-13-9-8-12-22(23)24(27-25)21-16-14-20(15-17-21)19-10-6-5-7-11-19/h3-17H,1H2,2H3/b18-4+. The maximum Gasteiger partial charge on any atom is 0.160 e. The summed E-state index contributed by atoms with van der Waals surface area (Å²) in [5, 5.41) is 1.05. The number of hydrogen-bond donors (Lipinski definition) is 0. The van der Waals surface area contributed by atoms with Crippen molar-refractivity contribution in [2.24, 2.45) is 0 Å². The van der Waals surface area contributed by atoms with E-state index in [-0.39, 0.29) is 0 Å². The van der Waals surface area contributed by atoms with Crippen LogP contribution in [-0.4, -0.2) is 9.97 Å². The van der Waals surface area contributed by atoms with E-state index in [0.717, 1.165) is 27.7 Å². The zero-order valence-corrected chi connectivity index (χ0v) is 15.3. The van der Waals surface area contributed by atoms with Crippen molar-refractivity contribution < 1.29 is 0 Å². The number of fused-ring (bicyclic) bond motifs is 1. The molecular formula is C25H20N2. The molecule has 0 unspecified atom stereocenters. The average Bonchev–Trinajstić information content (AvgIpc) is 2.75. The maximum atomic E-state index is 4.86. The Balaban J connectivity index is 1.86. The smallest absolute Gasteiger partial charge is 0.160 e. The Labute approximate surface area is 159 Å². The van der Waals surface area contributed by atoms with Crippen molar-refractivity contribution in [2.45, 2.75) is 6.92 Å². The third-order valence-corrected chi connectivity index (χ3v) is 4.66. The normalized spacial score (nSPS) is 11.5. The summed E-state index contributed by atoms with van der Waals surface area (Å²) in [5.41, 5.74) is 6.29. The third-order valence-electron chi connectivity index (χ3n) is 4.66. The molecule has 0 bridgehead atoms. The minimum atomic E-state index is 0.702. The average molecular weight is 348 g/mol. The SMILES string of the molecule is C=C/C(=C\C)c1nc(-c2ccc(-c3ccccc3)cc2)c2ccccc2n1. The van der Waals surface area contributed by atoms with Crippen LogP contribution in [0.1, 0.15) is 12.7 Å². The van der Waals surface area contributed by atoms with E-state index in [1.807, 2.05) is 37.3 Å². The maximum absolute atomic E-state index is 4.86. The van der Waals surface area contributed by atoms with Crippen molar-refractivity contribution >= 4 is 16.5 Å². The summed E-state index contributed by atoms with van der Waals surface area (Å²) in [6, 6.07) is 27.1. The van der Waals surface area contributed by atoms with Gasteiger partial charge in [0.2, 0.25) is 0 Å². The Morgan fingerprint density at radius 2 is 1.37 bits per heavy atom. The molecule has 0 aliphatic rings. The van der Waals surface area contributed by atoms with Crippen molar-refractivity contribution in [3.63, 3.8) is 0 Å². The van der Waals surface area contributed by atoms with Crippen LogP contribution in [0.4, 0.5) is 0 Å². The number of rotatable bonds is 4. The molecular weight excluding hydrogens is 328 g/mol. The Morgan fingerprint density at radius 1 is 0.741 bits per heavy atom. The molecule has 0 N–H and O–H groups in total. The first-order valence-electron chi connectivity index (χ1n) is 9.02. The van der Waals surface area contributed by atoms with Gasteiger partial charge in [0.05, 0.1) is 11.2 Å². The summed E-state index contributed by atoms with van der Waals surface area (Å²) >= 11 is 0. The summed E-state index contributed by atoms with van der Waals surface area (Å²) < 4.78 is 0. The van der Waals surface area contributed by atoms with Crippen LogP contribution in [0.3, 0.4) is 0 Å². The van der Waals surface area contributed by atoms with E-state index in [4.69, 9.17) is 9.97 Å². The second-order valence-corrected chi connectivity index (χ2v) is 6.30. The van der Waals surface area contributed by atoms with E-state index in [9.17, 15) is 0 Å². The minimum Gasteiger partial charge on any atom is -0.228 e. The Morgan fingerprint density at radius 3 is 2.07 bits per heavy atom. The van der Waals surface area contributed by atoms with Crippen LogP contribution in [0, 0.1) is 0 Å². The van der Waals surface area contributed by atoms with E-state index in [1.165, 1.54) is 11.1 Å². The van der Waals surface area contributed by atoms with Crippen LogP contribution in [0.2, 0.25) is 0 Å². The fraction of sp³-hybridized carbons (Fsp3) is 0.0400. The molecule has 2 heteroatoms.